The molecule has 25 heavy (non-hydrogen) atoms. The Morgan fingerprint density at radius 3 is 2.40 bits per heavy atom. The van der Waals surface area contributed by atoms with Crippen LogP contribution >= 0.6 is 0 Å². The standard InChI is InChI=1S/C17H22N2O5S/c1-11(20)18-13-6-8-14(9-7-13)25(23,24)19-15-5-3-2-4-12(15)10-16(19)17(21)22/h6-9,12,15-16H,2-5,10H2,1H3,(H,18,20)(H,21,22). The molecule has 2 aliphatic rings. The van der Waals surface area contributed by atoms with Crippen molar-refractivity contribution in [2.45, 2.75) is 56.0 Å². The van der Waals surface area contributed by atoms with Crippen LogP contribution in [0, 0.1) is 5.92 Å². The number of hydrogen-bond donors (Lipinski definition) is 2. The molecule has 3 rings (SSSR count). The number of carboxylic acid groups (broad SMARTS) is 1. The number of sulfonamides is 1. The lowest BCUT2D eigenvalue weighted by Gasteiger charge is -2.32. The molecule has 3 unspecified atom stereocenters. The summed E-state index contributed by atoms with van der Waals surface area (Å²) in [6, 6.07) is 4.60. The van der Waals surface area contributed by atoms with Crippen LogP contribution in [0.1, 0.15) is 39.0 Å². The second kappa shape index (κ2) is 6.76. The third-order valence-corrected chi connectivity index (χ3v) is 7.01. The first-order valence-corrected chi connectivity index (χ1v) is 9.88. The number of anilines is 1. The summed E-state index contributed by atoms with van der Waals surface area (Å²) in [4.78, 5) is 22.8. The molecule has 1 amide bonds. The van der Waals surface area contributed by atoms with Crippen LogP contribution in [-0.2, 0) is 19.6 Å². The van der Waals surface area contributed by atoms with Gasteiger partial charge in [-0.2, -0.15) is 4.31 Å². The second-order valence-corrected chi connectivity index (χ2v) is 8.59. The van der Waals surface area contributed by atoms with Gasteiger partial charge < -0.3 is 10.4 Å². The van der Waals surface area contributed by atoms with Gasteiger partial charge in [0.25, 0.3) is 0 Å². The molecule has 0 spiro atoms. The number of carbonyl (C=O) groups excluding carboxylic acids is 1. The van der Waals surface area contributed by atoms with E-state index in [0.29, 0.717) is 18.5 Å². The number of nitrogens with zero attached hydrogens (tertiary/aromatic N) is 1. The number of fused-ring (bicyclic) bond motifs is 1. The van der Waals surface area contributed by atoms with E-state index in [4.69, 9.17) is 0 Å². The Labute approximate surface area is 147 Å². The number of hydrogen-bond acceptors (Lipinski definition) is 4. The minimum absolute atomic E-state index is 0.0547. The molecule has 136 valence electrons. The van der Waals surface area contributed by atoms with E-state index in [1.54, 1.807) is 0 Å². The molecule has 1 aromatic carbocycles. The van der Waals surface area contributed by atoms with E-state index in [2.05, 4.69) is 5.32 Å². The van der Waals surface area contributed by atoms with Gasteiger partial charge in [0.2, 0.25) is 15.9 Å². The lowest BCUT2D eigenvalue weighted by Crippen LogP contribution is -2.46. The van der Waals surface area contributed by atoms with Crippen molar-refractivity contribution in [1.29, 1.82) is 0 Å². The van der Waals surface area contributed by atoms with E-state index < -0.39 is 22.0 Å². The maximum atomic E-state index is 13.1. The third kappa shape index (κ3) is 3.41. The Bertz CT molecular complexity index is 775. The molecule has 1 saturated carbocycles. The summed E-state index contributed by atoms with van der Waals surface area (Å²) in [6.45, 7) is 1.37. The summed E-state index contributed by atoms with van der Waals surface area (Å²) in [5, 5.41) is 12.1. The highest BCUT2D eigenvalue weighted by Gasteiger charge is 2.51. The minimum atomic E-state index is -3.91. The number of benzene rings is 1. The lowest BCUT2D eigenvalue weighted by molar-refractivity contribution is -0.141. The topological polar surface area (TPSA) is 104 Å². The average Bonchev–Trinajstić information content (AvgIpc) is 2.95. The number of rotatable bonds is 4. The fourth-order valence-electron chi connectivity index (χ4n) is 4.01. The molecule has 1 saturated heterocycles. The smallest absolute Gasteiger partial charge is 0.322 e. The van der Waals surface area contributed by atoms with Crippen molar-refractivity contribution in [1.82, 2.24) is 4.31 Å². The van der Waals surface area contributed by atoms with Gasteiger partial charge in [-0.3, -0.25) is 9.59 Å². The maximum Gasteiger partial charge on any atom is 0.322 e. The fraction of sp³-hybridized carbons (Fsp3) is 0.529. The molecule has 1 aromatic rings. The molecular formula is C17H22N2O5S. The van der Waals surface area contributed by atoms with Gasteiger partial charge in [-0.1, -0.05) is 12.8 Å². The van der Waals surface area contributed by atoms with Gasteiger partial charge in [0, 0.05) is 18.7 Å². The number of aliphatic carboxylic acids is 1. The Hall–Kier alpha value is -1.93. The quantitative estimate of drug-likeness (QED) is 0.849. The molecule has 1 aliphatic heterocycles. The molecule has 1 heterocycles. The van der Waals surface area contributed by atoms with E-state index in [1.165, 1.54) is 35.5 Å². The summed E-state index contributed by atoms with van der Waals surface area (Å²) >= 11 is 0. The molecular weight excluding hydrogens is 344 g/mol. The van der Waals surface area contributed by atoms with Crippen LogP contribution < -0.4 is 5.32 Å². The highest BCUT2D eigenvalue weighted by molar-refractivity contribution is 7.89. The van der Waals surface area contributed by atoms with Crippen molar-refractivity contribution in [2.24, 2.45) is 5.92 Å². The fourth-order valence-corrected chi connectivity index (χ4v) is 5.88. The van der Waals surface area contributed by atoms with E-state index in [9.17, 15) is 23.1 Å². The predicted octanol–water partition coefficient (Wildman–Crippen LogP) is 2.05. The van der Waals surface area contributed by atoms with Gasteiger partial charge in [0.1, 0.15) is 6.04 Å². The summed E-state index contributed by atoms with van der Waals surface area (Å²) in [5.74, 6) is -1.22. The van der Waals surface area contributed by atoms with Crippen LogP contribution in [0.4, 0.5) is 5.69 Å². The first-order valence-electron chi connectivity index (χ1n) is 8.44. The zero-order chi connectivity index (χ0) is 18.2. The van der Waals surface area contributed by atoms with Gasteiger partial charge in [-0.05, 0) is 49.4 Å². The molecule has 0 radical (unpaired) electrons. The Morgan fingerprint density at radius 2 is 1.80 bits per heavy atom. The number of carbonyl (C=O) groups is 2. The van der Waals surface area contributed by atoms with Crippen molar-refractivity contribution in [2.75, 3.05) is 5.32 Å². The van der Waals surface area contributed by atoms with Crippen molar-refractivity contribution < 1.29 is 23.1 Å². The Morgan fingerprint density at radius 1 is 1.16 bits per heavy atom. The summed E-state index contributed by atoms with van der Waals surface area (Å²) in [6.07, 6.45) is 3.90. The summed E-state index contributed by atoms with van der Waals surface area (Å²) < 4.78 is 27.4. The van der Waals surface area contributed by atoms with Crippen LogP contribution in [0.3, 0.4) is 0 Å². The zero-order valence-corrected chi connectivity index (χ0v) is 14.8. The molecule has 8 heteroatoms. The molecule has 0 bridgehead atoms. The number of amides is 1. The molecule has 1 aliphatic carbocycles. The van der Waals surface area contributed by atoms with Crippen LogP contribution in [0.15, 0.2) is 29.2 Å². The van der Waals surface area contributed by atoms with Crippen LogP contribution in [0.2, 0.25) is 0 Å². The van der Waals surface area contributed by atoms with Gasteiger partial charge in [0.15, 0.2) is 0 Å². The first kappa shape index (κ1) is 17.9. The van der Waals surface area contributed by atoms with Crippen LogP contribution in [-0.4, -0.2) is 41.8 Å². The Balaban J connectivity index is 1.93. The van der Waals surface area contributed by atoms with E-state index in [1.807, 2.05) is 0 Å². The normalized spacial score (nSPS) is 26.8. The highest BCUT2D eigenvalue weighted by atomic mass is 32.2. The number of carboxylic acids is 1. The van der Waals surface area contributed by atoms with Crippen molar-refractivity contribution in [3.05, 3.63) is 24.3 Å². The van der Waals surface area contributed by atoms with Crippen LogP contribution in [0.5, 0.6) is 0 Å². The largest absolute Gasteiger partial charge is 0.480 e. The highest BCUT2D eigenvalue weighted by Crippen LogP contribution is 2.42. The second-order valence-electron chi connectivity index (χ2n) is 6.74. The maximum absolute atomic E-state index is 13.1. The molecule has 7 nitrogen and oxygen atoms in total. The summed E-state index contributed by atoms with van der Waals surface area (Å²) in [7, 11) is -3.91. The van der Waals surface area contributed by atoms with Gasteiger partial charge in [-0.25, -0.2) is 8.42 Å². The Kier molecular flexibility index (Phi) is 4.83. The molecule has 2 N–H and O–H groups in total. The van der Waals surface area contributed by atoms with E-state index >= 15 is 0 Å². The van der Waals surface area contributed by atoms with Crippen molar-refractivity contribution >= 4 is 27.6 Å². The molecule has 2 fully saturated rings. The SMILES string of the molecule is CC(=O)Nc1ccc(S(=O)(=O)N2C(C(=O)O)CC3CCCCC32)cc1. The van der Waals surface area contributed by atoms with E-state index in [0.717, 1.165) is 19.3 Å². The average molecular weight is 366 g/mol. The van der Waals surface area contributed by atoms with Gasteiger partial charge >= 0.3 is 5.97 Å². The van der Waals surface area contributed by atoms with E-state index in [-0.39, 0.29) is 22.8 Å². The predicted molar refractivity (Wildman–Crippen MR) is 91.6 cm³/mol. The zero-order valence-electron chi connectivity index (χ0n) is 14.0. The summed E-state index contributed by atoms with van der Waals surface area (Å²) in [5.41, 5.74) is 0.498. The van der Waals surface area contributed by atoms with Crippen LogP contribution in [0.25, 0.3) is 0 Å². The van der Waals surface area contributed by atoms with Gasteiger partial charge in [-0.15, -0.1) is 0 Å². The van der Waals surface area contributed by atoms with Crippen molar-refractivity contribution in [3.63, 3.8) is 0 Å². The minimum Gasteiger partial charge on any atom is -0.480 e. The molecule has 0 aromatic heterocycles. The van der Waals surface area contributed by atoms with Gasteiger partial charge in [0.05, 0.1) is 4.90 Å². The number of nitrogens with one attached hydrogen (secondary N) is 1. The first-order chi connectivity index (χ1) is 11.8. The third-order valence-electron chi connectivity index (χ3n) is 5.06. The lowest BCUT2D eigenvalue weighted by atomic mass is 9.85. The van der Waals surface area contributed by atoms with Crippen molar-refractivity contribution in [3.8, 4) is 0 Å². The molecule has 3 atom stereocenters. The monoisotopic (exact) mass is 366 g/mol.